The Labute approximate surface area is 185 Å². The first-order chi connectivity index (χ1) is 14.6. The van der Waals surface area contributed by atoms with E-state index in [2.05, 4.69) is 19.2 Å². The third kappa shape index (κ3) is 20.2. The maximum Gasteiger partial charge on any atom is 0.321 e. The lowest BCUT2D eigenvalue weighted by Crippen LogP contribution is -2.39. The zero-order chi connectivity index (χ0) is 22.3. The molecule has 0 fully saturated rings. The van der Waals surface area contributed by atoms with Crippen LogP contribution in [0, 0.1) is 0 Å². The van der Waals surface area contributed by atoms with Gasteiger partial charge >= 0.3 is 11.9 Å². The van der Waals surface area contributed by atoms with Crippen molar-refractivity contribution < 1.29 is 19.4 Å². The summed E-state index contributed by atoms with van der Waals surface area (Å²) in [5, 5.41) is 12.3. The summed E-state index contributed by atoms with van der Waals surface area (Å²) in [7, 11) is 0. The molecule has 0 aromatic rings. The molecule has 0 aromatic carbocycles. The first-order valence-corrected chi connectivity index (χ1v) is 12.7. The molecule has 5 heteroatoms. The Morgan fingerprint density at radius 2 is 1.13 bits per heavy atom. The minimum atomic E-state index is -0.978. The highest BCUT2D eigenvalue weighted by Gasteiger charge is 2.21. The fourth-order valence-electron chi connectivity index (χ4n) is 3.61. The van der Waals surface area contributed by atoms with Crippen LogP contribution in [-0.2, 0) is 14.3 Å². The second-order valence-corrected chi connectivity index (χ2v) is 8.57. The normalized spacial score (nSPS) is 12.1. The van der Waals surface area contributed by atoms with Crippen LogP contribution in [0.25, 0.3) is 0 Å². The largest absolute Gasteiger partial charge is 0.480 e. The standard InChI is InChI=1S/C25H49NO4/c1-3-5-7-9-11-12-13-15-17-19-21-30-24(27)22-23(25(28)29)26-20-18-16-14-10-8-6-4-2/h23,26H,3-22H2,1-2H3,(H,28,29). The molecule has 178 valence electrons. The summed E-state index contributed by atoms with van der Waals surface area (Å²) in [6.45, 7) is 5.48. The number of ether oxygens (including phenoxy) is 1. The number of esters is 1. The van der Waals surface area contributed by atoms with Gasteiger partial charge in [-0.1, -0.05) is 110 Å². The van der Waals surface area contributed by atoms with E-state index in [0.717, 1.165) is 25.7 Å². The number of carbonyl (C=O) groups excluding carboxylic acids is 1. The average Bonchev–Trinajstić information content (AvgIpc) is 2.72. The van der Waals surface area contributed by atoms with Crippen molar-refractivity contribution in [3.05, 3.63) is 0 Å². The van der Waals surface area contributed by atoms with E-state index >= 15 is 0 Å². The number of carbonyl (C=O) groups is 2. The molecule has 1 atom stereocenters. The van der Waals surface area contributed by atoms with Gasteiger partial charge in [0.25, 0.3) is 0 Å². The summed E-state index contributed by atoms with van der Waals surface area (Å²) in [5.41, 5.74) is 0. The number of carboxylic acid groups (broad SMARTS) is 1. The number of carboxylic acids is 1. The number of unbranched alkanes of at least 4 members (excludes halogenated alkanes) is 15. The lowest BCUT2D eigenvalue weighted by molar-refractivity contribution is -0.149. The van der Waals surface area contributed by atoms with Crippen molar-refractivity contribution in [2.75, 3.05) is 13.2 Å². The molecule has 2 N–H and O–H groups in total. The molecule has 0 aliphatic carbocycles. The topological polar surface area (TPSA) is 75.6 Å². The average molecular weight is 428 g/mol. The van der Waals surface area contributed by atoms with Crippen LogP contribution in [0.4, 0.5) is 0 Å². The summed E-state index contributed by atoms with van der Waals surface area (Å²) in [4.78, 5) is 23.3. The molecule has 0 aliphatic heterocycles. The molecule has 0 aromatic heterocycles. The smallest absolute Gasteiger partial charge is 0.321 e. The maximum absolute atomic E-state index is 11.9. The summed E-state index contributed by atoms with van der Waals surface area (Å²) in [5.74, 6) is -1.39. The Morgan fingerprint density at radius 3 is 1.60 bits per heavy atom. The van der Waals surface area contributed by atoms with Gasteiger partial charge in [0.2, 0.25) is 0 Å². The fourth-order valence-corrected chi connectivity index (χ4v) is 3.61. The second-order valence-electron chi connectivity index (χ2n) is 8.57. The zero-order valence-electron chi connectivity index (χ0n) is 19.9. The van der Waals surface area contributed by atoms with Gasteiger partial charge in [0.1, 0.15) is 6.04 Å². The number of hydrogen-bond donors (Lipinski definition) is 2. The van der Waals surface area contributed by atoms with Gasteiger partial charge in [0.15, 0.2) is 0 Å². The third-order valence-electron chi connectivity index (χ3n) is 5.60. The SMILES string of the molecule is CCCCCCCCCCCCOC(=O)CC(NCCCCCCCCC)C(=O)O. The highest BCUT2D eigenvalue weighted by atomic mass is 16.5. The minimum absolute atomic E-state index is 0.0937. The summed E-state index contributed by atoms with van der Waals surface area (Å²) in [6.07, 6.45) is 20.6. The molecule has 0 amide bonds. The van der Waals surface area contributed by atoms with Crippen molar-refractivity contribution in [2.24, 2.45) is 0 Å². The van der Waals surface area contributed by atoms with Crippen molar-refractivity contribution in [1.82, 2.24) is 5.32 Å². The van der Waals surface area contributed by atoms with Crippen LogP contribution in [0.2, 0.25) is 0 Å². The molecule has 1 unspecified atom stereocenters. The molecular formula is C25H49NO4. The number of hydrogen-bond acceptors (Lipinski definition) is 4. The van der Waals surface area contributed by atoms with E-state index in [1.807, 2.05) is 0 Å². The monoisotopic (exact) mass is 427 g/mol. The number of rotatable bonds is 23. The van der Waals surface area contributed by atoms with E-state index < -0.39 is 18.0 Å². The van der Waals surface area contributed by atoms with Crippen LogP contribution in [0.1, 0.15) is 129 Å². The Balaban J connectivity index is 3.61. The van der Waals surface area contributed by atoms with E-state index in [1.54, 1.807) is 0 Å². The lowest BCUT2D eigenvalue weighted by Gasteiger charge is -2.14. The third-order valence-corrected chi connectivity index (χ3v) is 5.60. The maximum atomic E-state index is 11.9. The van der Waals surface area contributed by atoms with Crippen LogP contribution >= 0.6 is 0 Å². The molecule has 0 aliphatic rings. The molecule has 0 spiro atoms. The highest BCUT2D eigenvalue weighted by Crippen LogP contribution is 2.11. The van der Waals surface area contributed by atoms with Gasteiger partial charge in [-0.25, -0.2) is 0 Å². The first kappa shape index (κ1) is 28.9. The number of aliphatic carboxylic acids is 1. The van der Waals surface area contributed by atoms with Gasteiger partial charge in [-0.15, -0.1) is 0 Å². The van der Waals surface area contributed by atoms with Crippen molar-refractivity contribution in [3.8, 4) is 0 Å². The first-order valence-electron chi connectivity index (χ1n) is 12.7. The summed E-state index contributed by atoms with van der Waals surface area (Å²) < 4.78 is 5.23. The molecule has 0 saturated heterocycles. The van der Waals surface area contributed by atoms with Crippen LogP contribution in [0.5, 0.6) is 0 Å². The Bertz CT molecular complexity index is 401. The van der Waals surface area contributed by atoms with Gasteiger partial charge in [-0.3, -0.25) is 9.59 Å². The van der Waals surface area contributed by atoms with Crippen LogP contribution in [0.3, 0.4) is 0 Å². The quantitative estimate of drug-likeness (QED) is 0.141. The summed E-state index contributed by atoms with van der Waals surface area (Å²) >= 11 is 0. The molecule has 0 bridgehead atoms. The molecule has 0 radical (unpaired) electrons. The minimum Gasteiger partial charge on any atom is -0.480 e. The predicted octanol–water partition coefficient (Wildman–Crippen LogP) is 6.63. The van der Waals surface area contributed by atoms with Gasteiger partial charge < -0.3 is 15.2 Å². The Morgan fingerprint density at radius 1 is 0.700 bits per heavy atom. The van der Waals surface area contributed by atoms with Gasteiger partial charge in [0, 0.05) is 0 Å². The molecule has 0 saturated carbocycles. The highest BCUT2D eigenvalue weighted by molar-refractivity contribution is 5.81. The second kappa shape index (κ2) is 22.6. The summed E-state index contributed by atoms with van der Waals surface area (Å²) in [6, 6.07) is -0.842. The fraction of sp³-hybridized carbons (Fsp3) is 0.920. The van der Waals surface area contributed by atoms with Gasteiger partial charge in [-0.05, 0) is 19.4 Å². The predicted molar refractivity (Wildman–Crippen MR) is 125 cm³/mol. The van der Waals surface area contributed by atoms with Crippen molar-refractivity contribution in [1.29, 1.82) is 0 Å². The van der Waals surface area contributed by atoms with Crippen molar-refractivity contribution in [3.63, 3.8) is 0 Å². The van der Waals surface area contributed by atoms with E-state index in [1.165, 1.54) is 83.5 Å². The van der Waals surface area contributed by atoms with Crippen LogP contribution in [-0.4, -0.2) is 36.2 Å². The molecule has 5 nitrogen and oxygen atoms in total. The van der Waals surface area contributed by atoms with Crippen molar-refractivity contribution in [2.45, 2.75) is 135 Å². The van der Waals surface area contributed by atoms with Gasteiger partial charge in [-0.2, -0.15) is 0 Å². The van der Waals surface area contributed by atoms with Crippen LogP contribution in [0.15, 0.2) is 0 Å². The van der Waals surface area contributed by atoms with E-state index in [0.29, 0.717) is 13.2 Å². The Hall–Kier alpha value is -1.10. The molecule has 30 heavy (non-hydrogen) atoms. The van der Waals surface area contributed by atoms with E-state index in [9.17, 15) is 14.7 Å². The van der Waals surface area contributed by atoms with Crippen molar-refractivity contribution >= 4 is 11.9 Å². The molecule has 0 rings (SSSR count). The van der Waals surface area contributed by atoms with E-state index in [4.69, 9.17) is 4.74 Å². The number of nitrogens with one attached hydrogen (secondary N) is 1. The van der Waals surface area contributed by atoms with Gasteiger partial charge in [0.05, 0.1) is 13.0 Å². The van der Waals surface area contributed by atoms with Crippen LogP contribution < -0.4 is 5.32 Å². The Kier molecular flexibility index (Phi) is 21.8. The molecular weight excluding hydrogens is 378 g/mol. The van der Waals surface area contributed by atoms with E-state index in [-0.39, 0.29) is 6.42 Å². The lowest BCUT2D eigenvalue weighted by atomic mass is 10.1. The zero-order valence-corrected chi connectivity index (χ0v) is 19.9. The molecule has 0 heterocycles.